The van der Waals surface area contributed by atoms with Crippen molar-refractivity contribution < 1.29 is 9.47 Å². The third kappa shape index (κ3) is 4.34. The predicted molar refractivity (Wildman–Crippen MR) is 127 cm³/mol. The highest BCUT2D eigenvalue weighted by Crippen LogP contribution is 2.39. The lowest BCUT2D eigenvalue weighted by molar-refractivity contribution is -0.127. The number of nitrogens with one attached hydrogen (secondary N) is 1. The van der Waals surface area contributed by atoms with Gasteiger partial charge in [-0.15, -0.1) is 0 Å². The molecule has 4 rings (SSSR count). The number of pyridine rings is 1. The summed E-state index contributed by atoms with van der Waals surface area (Å²) >= 11 is 11.9. The summed E-state index contributed by atoms with van der Waals surface area (Å²) in [5, 5.41) is 8.82. The molecule has 2 aliphatic heterocycles. The SMILES string of the molecule is N=C(c1ccc(N2CC3(COC3)C2)nc1)c1cc(OCC(/C(Cl)=C\N)=C(/N)Cl)ccc1N. The summed E-state index contributed by atoms with van der Waals surface area (Å²) in [4.78, 5) is 6.75. The molecule has 0 unspecified atom stereocenters. The zero-order chi connectivity index (χ0) is 22.9. The lowest BCUT2D eigenvalue weighted by Gasteiger charge is -2.55. The van der Waals surface area contributed by atoms with Gasteiger partial charge in [0.1, 0.15) is 23.3 Å². The van der Waals surface area contributed by atoms with E-state index in [0.29, 0.717) is 33.6 Å². The number of nitrogen functional groups attached to an aromatic ring is 1. The molecule has 8 nitrogen and oxygen atoms in total. The number of halogens is 2. The first kappa shape index (κ1) is 22.3. The van der Waals surface area contributed by atoms with Gasteiger partial charge in [-0.2, -0.15) is 0 Å². The third-order valence-corrected chi connectivity index (χ3v) is 6.21. The van der Waals surface area contributed by atoms with Crippen LogP contribution in [0.1, 0.15) is 11.1 Å². The molecule has 0 bridgehead atoms. The number of anilines is 2. The maximum atomic E-state index is 8.63. The number of aromatic nitrogens is 1. The van der Waals surface area contributed by atoms with Gasteiger partial charge in [0.25, 0.3) is 0 Å². The van der Waals surface area contributed by atoms with Crippen LogP contribution in [-0.4, -0.2) is 43.6 Å². The highest BCUT2D eigenvalue weighted by molar-refractivity contribution is 6.35. The Balaban J connectivity index is 1.46. The quantitative estimate of drug-likeness (QED) is 0.209. The summed E-state index contributed by atoms with van der Waals surface area (Å²) in [7, 11) is 0. The largest absolute Gasteiger partial charge is 0.489 e. The van der Waals surface area contributed by atoms with E-state index in [1.165, 1.54) is 6.20 Å². The number of hydrogen-bond donors (Lipinski definition) is 4. The van der Waals surface area contributed by atoms with Gasteiger partial charge in [0.05, 0.1) is 29.4 Å². The van der Waals surface area contributed by atoms with Crippen molar-refractivity contribution in [2.24, 2.45) is 16.9 Å². The van der Waals surface area contributed by atoms with Crippen molar-refractivity contribution in [3.8, 4) is 5.75 Å². The molecule has 0 aliphatic carbocycles. The molecule has 7 N–H and O–H groups in total. The molecule has 0 radical (unpaired) electrons. The Morgan fingerprint density at radius 1 is 1.25 bits per heavy atom. The van der Waals surface area contributed by atoms with Crippen LogP contribution in [0.25, 0.3) is 0 Å². The third-order valence-electron chi connectivity index (χ3n) is 5.63. The Morgan fingerprint density at radius 2 is 2.00 bits per heavy atom. The van der Waals surface area contributed by atoms with E-state index in [-0.39, 0.29) is 22.5 Å². The molecule has 0 amide bonds. The normalized spacial score (nSPS) is 17.9. The molecule has 0 atom stereocenters. The topological polar surface area (TPSA) is 136 Å². The van der Waals surface area contributed by atoms with Gasteiger partial charge in [0.15, 0.2) is 0 Å². The van der Waals surface area contributed by atoms with Gasteiger partial charge in [-0.05, 0) is 30.3 Å². The second kappa shape index (κ2) is 8.90. The van der Waals surface area contributed by atoms with Gasteiger partial charge < -0.3 is 31.6 Å². The summed E-state index contributed by atoms with van der Waals surface area (Å²) in [6.45, 7) is 3.57. The first-order valence-corrected chi connectivity index (χ1v) is 10.7. The second-order valence-corrected chi connectivity index (χ2v) is 8.82. The van der Waals surface area contributed by atoms with Gasteiger partial charge in [-0.3, -0.25) is 5.41 Å². The van der Waals surface area contributed by atoms with E-state index >= 15 is 0 Å². The van der Waals surface area contributed by atoms with Crippen molar-refractivity contribution in [3.05, 3.63) is 69.6 Å². The van der Waals surface area contributed by atoms with E-state index in [1.807, 2.05) is 12.1 Å². The smallest absolute Gasteiger partial charge is 0.128 e. The highest BCUT2D eigenvalue weighted by atomic mass is 35.5. The average molecular weight is 475 g/mol. The van der Waals surface area contributed by atoms with Gasteiger partial charge in [0, 0.05) is 47.9 Å². The standard InChI is InChI=1S/C22H24Cl2N6O2/c23-17(6-25)16(21(24)28)8-32-14-2-3-18(26)15(5-14)20(27)13-1-4-19(29-7-13)30-9-22(10-30)11-31-12-22/h1-7,27H,8-12,25-26,28H2/b17-6+,21-16-,27-20?. The fourth-order valence-corrected chi connectivity index (χ4v) is 4.09. The van der Waals surface area contributed by atoms with E-state index in [9.17, 15) is 0 Å². The van der Waals surface area contributed by atoms with Gasteiger partial charge in [-0.25, -0.2) is 4.98 Å². The number of hydrogen-bond acceptors (Lipinski definition) is 8. The molecule has 3 heterocycles. The zero-order valence-electron chi connectivity index (χ0n) is 17.3. The highest BCUT2D eigenvalue weighted by Gasteiger charge is 2.49. The Kier molecular flexibility index (Phi) is 6.19. The van der Waals surface area contributed by atoms with E-state index in [0.717, 1.165) is 32.1 Å². The van der Waals surface area contributed by atoms with Crippen LogP contribution in [0.2, 0.25) is 0 Å². The van der Waals surface area contributed by atoms with Crippen LogP contribution in [0.4, 0.5) is 11.5 Å². The molecule has 1 aromatic heterocycles. The molecular formula is C22H24Cl2N6O2. The lowest BCUT2D eigenvalue weighted by atomic mass is 9.78. The number of nitrogens with zero attached hydrogens (tertiary/aromatic N) is 2. The molecule has 2 saturated heterocycles. The molecule has 2 aliphatic rings. The second-order valence-electron chi connectivity index (χ2n) is 8.01. The minimum Gasteiger partial charge on any atom is -0.489 e. The Labute approximate surface area is 196 Å². The van der Waals surface area contributed by atoms with Crippen molar-refractivity contribution in [3.63, 3.8) is 0 Å². The molecule has 1 aromatic carbocycles. The molecular weight excluding hydrogens is 451 g/mol. The van der Waals surface area contributed by atoms with Crippen molar-refractivity contribution in [2.45, 2.75) is 0 Å². The molecule has 2 fully saturated rings. The first-order valence-electron chi connectivity index (χ1n) is 9.94. The van der Waals surface area contributed by atoms with E-state index in [2.05, 4.69) is 9.88 Å². The fourth-order valence-electron chi connectivity index (χ4n) is 3.72. The molecule has 0 saturated carbocycles. The maximum Gasteiger partial charge on any atom is 0.128 e. The van der Waals surface area contributed by atoms with Crippen LogP contribution in [-0.2, 0) is 4.74 Å². The molecule has 2 aromatic rings. The van der Waals surface area contributed by atoms with Crippen LogP contribution in [0.3, 0.4) is 0 Å². The van der Waals surface area contributed by atoms with Gasteiger partial charge >= 0.3 is 0 Å². The molecule has 168 valence electrons. The maximum absolute atomic E-state index is 8.63. The van der Waals surface area contributed by atoms with E-state index in [1.54, 1.807) is 24.4 Å². The summed E-state index contributed by atoms with van der Waals surface area (Å²) < 4.78 is 11.1. The Morgan fingerprint density at radius 3 is 2.56 bits per heavy atom. The van der Waals surface area contributed by atoms with Crippen LogP contribution >= 0.6 is 23.2 Å². The van der Waals surface area contributed by atoms with Crippen molar-refractivity contribution >= 4 is 40.4 Å². The number of nitrogens with two attached hydrogens (primary N) is 3. The van der Waals surface area contributed by atoms with Crippen molar-refractivity contribution in [1.82, 2.24) is 4.98 Å². The summed E-state index contributed by atoms with van der Waals surface area (Å²) in [5.74, 6) is 1.38. The summed E-state index contributed by atoms with van der Waals surface area (Å²) in [6, 6.07) is 8.85. The van der Waals surface area contributed by atoms with Crippen molar-refractivity contribution in [1.29, 1.82) is 5.41 Å². The van der Waals surface area contributed by atoms with Crippen LogP contribution in [0.15, 0.2) is 58.5 Å². The molecule has 10 heteroatoms. The zero-order valence-corrected chi connectivity index (χ0v) is 18.8. The number of rotatable bonds is 7. The fraction of sp³-hybridized carbons (Fsp3) is 0.273. The summed E-state index contributed by atoms with van der Waals surface area (Å²) in [6.07, 6.45) is 2.88. The van der Waals surface area contributed by atoms with Crippen LogP contribution in [0, 0.1) is 10.8 Å². The average Bonchev–Trinajstić information content (AvgIpc) is 2.72. The number of benzene rings is 1. The van der Waals surface area contributed by atoms with E-state index < -0.39 is 0 Å². The first-order chi connectivity index (χ1) is 15.3. The minimum absolute atomic E-state index is 0.00997. The number of ether oxygens (including phenoxy) is 2. The van der Waals surface area contributed by atoms with E-state index in [4.69, 9.17) is 55.3 Å². The monoisotopic (exact) mass is 474 g/mol. The Hall–Kier alpha value is -2.94. The predicted octanol–water partition coefficient (Wildman–Crippen LogP) is 2.74. The van der Waals surface area contributed by atoms with Gasteiger partial charge in [0.2, 0.25) is 0 Å². The minimum atomic E-state index is -0.00997. The molecule has 32 heavy (non-hydrogen) atoms. The van der Waals surface area contributed by atoms with Crippen LogP contribution < -0.4 is 26.8 Å². The lowest BCUT2D eigenvalue weighted by Crippen LogP contribution is -2.66. The Bertz CT molecular complexity index is 1080. The summed E-state index contributed by atoms with van der Waals surface area (Å²) in [5.41, 5.74) is 19.8. The van der Waals surface area contributed by atoms with Crippen LogP contribution in [0.5, 0.6) is 5.75 Å². The molecule has 1 spiro atoms. The van der Waals surface area contributed by atoms with Gasteiger partial charge in [-0.1, -0.05) is 23.2 Å². The van der Waals surface area contributed by atoms with Crippen molar-refractivity contribution in [2.75, 3.05) is 43.5 Å².